The summed E-state index contributed by atoms with van der Waals surface area (Å²) in [4.78, 5) is 0. The van der Waals surface area contributed by atoms with E-state index < -0.39 is 0 Å². The quantitative estimate of drug-likeness (QED) is 0.563. The molecule has 2 nitrogen and oxygen atoms in total. The van der Waals surface area contributed by atoms with Crippen LogP contribution in [0.4, 0.5) is 0 Å². The molecule has 0 amide bonds. The average molecular weight is 343 g/mol. The van der Waals surface area contributed by atoms with Crippen LogP contribution in [0.2, 0.25) is 0 Å². The van der Waals surface area contributed by atoms with Gasteiger partial charge in [-0.15, -0.1) is 0 Å². The van der Waals surface area contributed by atoms with Gasteiger partial charge in [-0.3, -0.25) is 0 Å². The minimum Gasteiger partial charge on any atom is -0.495 e. The number of hydrogen-bond donors (Lipinski definition) is 0. The van der Waals surface area contributed by atoms with E-state index in [0.29, 0.717) is 0 Å². The zero-order chi connectivity index (χ0) is 15.2. The van der Waals surface area contributed by atoms with Crippen LogP contribution < -0.4 is 9.47 Å². The monoisotopic (exact) mass is 342 g/mol. The average Bonchev–Trinajstić information content (AvgIpc) is 2.43. The number of rotatable bonds is 8. The molecule has 0 aliphatic carbocycles. The van der Waals surface area contributed by atoms with Crippen molar-refractivity contribution in [3.05, 3.63) is 22.2 Å². The second-order valence-corrected chi connectivity index (χ2v) is 6.68. The first-order chi connectivity index (χ1) is 9.46. The summed E-state index contributed by atoms with van der Waals surface area (Å²) in [6, 6.07) is 4.23. The van der Waals surface area contributed by atoms with Gasteiger partial charge in [0.2, 0.25) is 0 Å². The van der Waals surface area contributed by atoms with Crippen molar-refractivity contribution in [1.82, 2.24) is 0 Å². The Morgan fingerprint density at radius 1 is 1.00 bits per heavy atom. The topological polar surface area (TPSA) is 18.5 Å². The van der Waals surface area contributed by atoms with Gasteiger partial charge in [0.05, 0.1) is 14.2 Å². The van der Waals surface area contributed by atoms with Crippen LogP contribution in [-0.2, 0) is 5.41 Å². The van der Waals surface area contributed by atoms with Crippen molar-refractivity contribution in [2.45, 2.75) is 58.3 Å². The maximum atomic E-state index is 5.44. The van der Waals surface area contributed by atoms with Crippen LogP contribution in [0.15, 0.2) is 16.6 Å². The molecule has 1 aromatic rings. The highest BCUT2D eigenvalue weighted by Gasteiger charge is 2.23. The Hall–Kier alpha value is -0.700. The van der Waals surface area contributed by atoms with E-state index in [9.17, 15) is 0 Å². The summed E-state index contributed by atoms with van der Waals surface area (Å²) in [6.45, 7) is 6.83. The van der Waals surface area contributed by atoms with Crippen molar-refractivity contribution in [1.29, 1.82) is 0 Å². The molecule has 0 bridgehead atoms. The predicted octanol–water partition coefficient (Wildman–Crippen LogP) is 5.71. The van der Waals surface area contributed by atoms with E-state index in [1.54, 1.807) is 14.2 Å². The summed E-state index contributed by atoms with van der Waals surface area (Å²) in [6.07, 6.45) is 6.36. The normalized spacial score (nSPS) is 11.5. The Labute approximate surface area is 132 Å². The SMILES string of the molecule is CCCCCCC(C)(C)c1cc(OC)c(Br)c(OC)c1. The molecule has 0 saturated heterocycles. The minimum absolute atomic E-state index is 0.134. The smallest absolute Gasteiger partial charge is 0.137 e. The third-order valence-corrected chi connectivity index (χ3v) is 4.66. The molecule has 20 heavy (non-hydrogen) atoms. The van der Waals surface area contributed by atoms with E-state index in [0.717, 1.165) is 16.0 Å². The minimum atomic E-state index is 0.134. The lowest BCUT2D eigenvalue weighted by atomic mass is 9.80. The Balaban J connectivity index is 2.93. The van der Waals surface area contributed by atoms with Gasteiger partial charge in [-0.05, 0) is 45.5 Å². The Bertz CT molecular complexity index is 402. The standard InChI is InChI=1S/C17H27BrO2/c1-6-7-8-9-10-17(2,3)13-11-14(19-4)16(18)15(12-13)20-5/h11-12H,6-10H2,1-5H3. The molecule has 0 fully saturated rings. The molecule has 3 heteroatoms. The fraction of sp³-hybridized carbons (Fsp3) is 0.647. The van der Waals surface area contributed by atoms with E-state index in [2.05, 4.69) is 48.8 Å². The van der Waals surface area contributed by atoms with Crippen LogP contribution in [0.3, 0.4) is 0 Å². The van der Waals surface area contributed by atoms with E-state index in [1.807, 2.05) is 0 Å². The van der Waals surface area contributed by atoms with Crippen LogP contribution in [0.1, 0.15) is 58.4 Å². The summed E-state index contributed by atoms with van der Waals surface area (Å²) in [5, 5.41) is 0. The Morgan fingerprint density at radius 2 is 1.55 bits per heavy atom. The van der Waals surface area contributed by atoms with Crippen molar-refractivity contribution >= 4 is 15.9 Å². The van der Waals surface area contributed by atoms with E-state index in [-0.39, 0.29) is 5.41 Å². The molecule has 114 valence electrons. The number of hydrogen-bond acceptors (Lipinski definition) is 2. The van der Waals surface area contributed by atoms with Crippen LogP contribution >= 0.6 is 15.9 Å². The van der Waals surface area contributed by atoms with Gasteiger partial charge in [0, 0.05) is 0 Å². The second-order valence-electron chi connectivity index (χ2n) is 5.89. The van der Waals surface area contributed by atoms with Crippen molar-refractivity contribution in [2.75, 3.05) is 14.2 Å². The lowest BCUT2D eigenvalue weighted by Gasteiger charge is -2.27. The summed E-state index contributed by atoms with van der Waals surface area (Å²) in [5.41, 5.74) is 1.40. The lowest BCUT2D eigenvalue weighted by molar-refractivity contribution is 0.381. The van der Waals surface area contributed by atoms with Crippen molar-refractivity contribution in [3.63, 3.8) is 0 Å². The molecule has 0 saturated carbocycles. The molecular formula is C17H27BrO2. The molecule has 1 rings (SSSR count). The number of unbranched alkanes of at least 4 members (excludes halogenated alkanes) is 3. The first-order valence-electron chi connectivity index (χ1n) is 7.38. The fourth-order valence-electron chi connectivity index (χ4n) is 2.40. The predicted molar refractivity (Wildman–Crippen MR) is 89.0 cm³/mol. The zero-order valence-corrected chi connectivity index (χ0v) is 15.0. The fourth-order valence-corrected chi connectivity index (χ4v) is 2.95. The van der Waals surface area contributed by atoms with Gasteiger partial charge in [-0.25, -0.2) is 0 Å². The Morgan fingerprint density at radius 3 is 2.00 bits per heavy atom. The summed E-state index contributed by atoms with van der Waals surface area (Å²) >= 11 is 3.53. The summed E-state index contributed by atoms with van der Waals surface area (Å²) in [7, 11) is 3.38. The third-order valence-electron chi connectivity index (χ3n) is 3.88. The van der Waals surface area contributed by atoms with Crippen LogP contribution in [0, 0.1) is 0 Å². The molecule has 0 aliphatic heterocycles. The van der Waals surface area contributed by atoms with Gasteiger partial charge < -0.3 is 9.47 Å². The molecule has 0 heterocycles. The van der Waals surface area contributed by atoms with Gasteiger partial charge >= 0.3 is 0 Å². The molecule has 1 aromatic carbocycles. The first kappa shape index (κ1) is 17.4. The van der Waals surface area contributed by atoms with Crippen molar-refractivity contribution in [3.8, 4) is 11.5 Å². The van der Waals surface area contributed by atoms with Crippen LogP contribution in [-0.4, -0.2) is 14.2 Å². The van der Waals surface area contributed by atoms with Gasteiger partial charge in [-0.2, -0.15) is 0 Å². The van der Waals surface area contributed by atoms with Crippen molar-refractivity contribution < 1.29 is 9.47 Å². The highest BCUT2D eigenvalue weighted by atomic mass is 79.9. The van der Waals surface area contributed by atoms with Crippen LogP contribution in [0.5, 0.6) is 11.5 Å². The zero-order valence-electron chi connectivity index (χ0n) is 13.4. The largest absolute Gasteiger partial charge is 0.495 e. The Kier molecular flexibility index (Phi) is 6.87. The highest BCUT2D eigenvalue weighted by molar-refractivity contribution is 9.10. The van der Waals surface area contributed by atoms with E-state index in [1.165, 1.54) is 37.7 Å². The maximum Gasteiger partial charge on any atom is 0.137 e. The van der Waals surface area contributed by atoms with Gasteiger partial charge in [0.1, 0.15) is 16.0 Å². The van der Waals surface area contributed by atoms with Crippen molar-refractivity contribution in [2.24, 2.45) is 0 Å². The third kappa shape index (κ3) is 4.41. The first-order valence-corrected chi connectivity index (χ1v) is 8.17. The van der Waals surface area contributed by atoms with Crippen LogP contribution in [0.25, 0.3) is 0 Å². The van der Waals surface area contributed by atoms with Gasteiger partial charge in [0.25, 0.3) is 0 Å². The molecule has 0 radical (unpaired) electrons. The number of methoxy groups -OCH3 is 2. The van der Waals surface area contributed by atoms with Gasteiger partial charge in [-0.1, -0.05) is 46.5 Å². The molecular weight excluding hydrogens is 316 g/mol. The summed E-state index contributed by atoms with van der Waals surface area (Å²) < 4.78 is 11.8. The van der Waals surface area contributed by atoms with E-state index >= 15 is 0 Å². The highest BCUT2D eigenvalue weighted by Crippen LogP contribution is 2.40. The van der Waals surface area contributed by atoms with Gasteiger partial charge in [0.15, 0.2) is 0 Å². The lowest BCUT2D eigenvalue weighted by Crippen LogP contribution is -2.17. The molecule has 0 unspecified atom stereocenters. The number of benzene rings is 1. The maximum absolute atomic E-state index is 5.44. The number of halogens is 1. The number of ether oxygens (including phenoxy) is 2. The second kappa shape index (κ2) is 7.92. The molecule has 0 atom stereocenters. The van der Waals surface area contributed by atoms with E-state index in [4.69, 9.17) is 9.47 Å². The summed E-state index contributed by atoms with van der Waals surface area (Å²) in [5.74, 6) is 1.67. The molecule has 0 aromatic heterocycles. The molecule has 0 aliphatic rings. The molecule has 0 N–H and O–H groups in total. The molecule has 0 spiro atoms.